The van der Waals surface area contributed by atoms with Gasteiger partial charge in [-0.15, -0.1) is 0 Å². The van der Waals surface area contributed by atoms with Crippen molar-refractivity contribution in [2.75, 3.05) is 13.2 Å². The third-order valence-electron chi connectivity index (χ3n) is 17.4. The van der Waals surface area contributed by atoms with Crippen LogP contribution < -0.4 is 0 Å². The Balaban J connectivity index is 1.16. The van der Waals surface area contributed by atoms with E-state index in [1.54, 1.807) is 6.92 Å². The smallest absolute Gasteiger partial charge is 0.312 e. The quantitative estimate of drug-likeness (QED) is 0.126. The molecule has 2 heterocycles. The highest BCUT2D eigenvalue weighted by molar-refractivity contribution is 5.77. The molecule has 6 fully saturated rings. The number of fused-ring (bicyclic) bond motifs is 7. The van der Waals surface area contributed by atoms with E-state index in [0.717, 1.165) is 32.1 Å². The van der Waals surface area contributed by atoms with Crippen LogP contribution in [0.4, 0.5) is 0 Å². The average molecular weight is 811 g/mol. The summed E-state index contributed by atoms with van der Waals surface area (Å²) in [5.74, 6) is -2.05. The van der Waals surface area contributed by atoms with Crippen molar-refractivity contribution >= 4 is 11.9 Å². The molecule has 0 radical (unpaired) electrons. The van der Waals surface area contributed by atoms with E-state index >= 15 is 0 Å². The molecule has 15 heteroatoms. The van der Waals surface area contributed by atoms with Crippen LogP contribution in [-0.4, -0.2) is 139 Å². The molecule has 0 bridgehead atoms. The Bertz CT molecular complexity index is 1590. The zero-order chi connectivity index (χ0) is 41.8. The van der Waals surface area contributed by atoms with E-state index in [2.05, 4.69) is 40.7 Å². The van der Waals surface area contributed by atoms with Crippen molar-refractivity contribution in [3.63, 3.8) is 0 Å². The fraction of sp³-hybridized carbons (Fsp3) is 0.905. The summed E-state index contributed by atoms with van der Waals surface area (Å²) in [5, 5.41) is 95.5. The molecule has 5 aliphatic carbocycles. The standard InChI is InChI=1S/C42H66O15/c1-37(2)13-15-42(36(52)53)16-14-39(4)20(21(42)17-37)7-8-24-38(3)11-10-26(41(6,35(50)51)25(38)9-12-40(24,39)5)56-34-31(49)32(28(46)23(19-44)55-34)57-33-30(48)29(47)27(45)22(18-43)54-33/h7,21-34,43-49H,8-19H2,1-6H3,(H,50,51)(H,52,53)/t21-,22+,23+,24+,25+,26-,27+,28-,29-,30+,31+,32-,33-,34-,38+,39+,40+,41-,42-/m0/s1. The number of ether oxygens (including phenoxy) is 4. The number of rotatable bonds is 8. The molecule has 2 saturated heterocycles. The predicted octanol–water partition coefficient (Wildman–Crippen LogP) is 1.95. The molecular weight excluding hydrogens is 744 g/mol. The highest BCUT2D eigenvalue weighted by Gasteiger charge is 2.71. The molecule has 0 aromatic rings. The number of allylic oxidation sites excluding steroid dienone is 2. The molecule has 0 unspecified atom stereocenters. The van der Waals surface area contributed by atoms with Gasteiger partial charge >= 0.3 is 11.9 Å². The van der Waals surface area contributed by atoms with Crippen molar-refractivity contribution in [3.8, 4) is 0 Å². The predicted molar refractivity (Wildman–Crippen MR) is 200 cm³/mol. The molecule has 4 saturated carbocycles. The first-order valence-corrected chi connectivity index (χ1v) is 21.0. The van der Waals surface area contributed by atoms with Gasteiger partial charge in [0.2, 0.25) is 0 Å². The maximum absolute atomic E-state index is 13.6. The molecule has 9 N–H and O–H groups in total. The van der Waals surface area contributed by atoms with Gasteiger partial charge in [0, 0.05) is 0 Å². The van der Waals surface area contributed by atoms with E-state index in [1.165, 1.54) is 5.57 Å². The Morgan fingerprint density at radius 2 is 1.32 bits per heavy atom. The van der Waals surface area contributed by atoms with Crippen LogP contribution in [0.15, 0.2) is 11.6 Å². The van der Waals surface area contributed by atoms with Crippen LogP contribution in [0.3, 0.4) is 0 Å². The molecule has 0 aromatic carbocycles. The van der Waals surface area contributed by atoms with Gasteiger partial charge in [-0.3, -0.25) is 9.59 Å². The largest absolute Gasteiger partial charge is 0.481 e. The van der Waals surface area contributed by atoms with Crippen LogP contribution in [0, 0.1) is 50.2 Å². The summed E-state index contributed by atoms with van der Waals surface area (Å²) in [7, 11) is 0. The highest BCUT2D eigenvalue weighted by Crippen LogP contribution is 2.76. The van der Waals surface area contributed by atoms with Gasteiger partial charge in [-0.25, -0.2) is 0 Å². The molecule has 0 aromatic heterocycles. The van der Waals surface area contributed by atoms with Crippen LogP contribution in [-0.2, 0) is 28.5 Å². The first kappa shape index (κ1) is 43.3. The number of carboxylic acids is 2. The molecule has 324 valence electrons. The molecular formula is C42H66O15. The minimum absolute atomic E-state index is 0.0305. The summed E-state index contributed by atoms with van der Waals surface area (Å²) in [6, 6.07) is 0. The van der Waals surface area contributed by atoms with Gasteiger partial charge in [-0.05, 0) is 111 Å². The molecule has 0 spiro atoms. The van der Waals surface area contributed by atoms with E-state index < -0.39 is 109 Å². The molecule has 19 atom stereocenters. The van der Waals surface area contributed by atoms with Crippen LogP contribution in [0.25, 0.3) is 0 Å². The average Bonchev–Trinajstić information content (AvgIpc) is 3.15. The van der Waals surface area contributed by atoms with Gasteiger partial charge in [-0.1, -0.05) is 46.3 Å². The number of hydrogen-bond donors (Lipinski definition) is 9. The third-order valence-corrected chi connectivity index (χ3v) is 17.4. The lowest BCUT2D eigenvalue weighted by atomic mass is 9.33. The van der Waals surface area contributed by atoms with Crippen molar-refractivity contribution in [1.82, 2.24) is 0 Å². The summed E-state index contributed by atoms with van der Waals surface area (Å²) in [5.41, 5.74) is -1.83. The zero-order valence-electron chi connectivity index (χ0n) is 34.1. The van der Waals surface area contributed by atoms with Crippen molar-refractivity contribution in [2.24, 2.45) is 50.2 Å². The molecule has 7 aliphatic rings. The van der Waals surface area contributed by atoms with Crippen LogP contribution in [0.5, 0.6) is 0 Å². The van der Waals surface area contributed by atoms with Crippen LogP contribution >= 0.6 is 0 Å². The number of carboxylic acid groups (broad SMARTS) is 2. The van der Waals surface area contributed by atoms with E-state index in [4.69, 9.17) is 18.9 Å². The first-order chi connectivity index (χ1) is 26.6. The fourth-order valence-corrected chi connectivity index (χ4v) is 13.6. The Morgan fingerprint density at radius 1 is 0.702 bits per heavy atom. The summed E-state index contributed by atoms with van der Waals surface area (Å²) in [6.07, 6.45) is -8.28. The molecule has 0 amide bonds. The number of carbonyl (C=O) groups is 2. The van der Waals surface area contributed by atoms with Crippen molar-refractivity contribution in [3.05, 3.63) is 11.6 Å². The second-order valence-electron chi connectivity index (χ2n) is 20.4. The Kier molecular flexibility index (Phi) is 11.2. The maximum Gasteiger partial charge on any atom is 0.312 e. The zero-order valence-corrected chi connectivity index (χ0v) is 34.1. The van der Waals surface area contributed by atoms with E-state index in [1.807, 2.05) is 0 Å². The Labute approximate surface area is 334 Å². The summed E-state index contributed by atoms with van der Waals surface area (Å²) < 4.78 is 23.5. The van der Waals surface area contributed by atoms with Gasteiger partial charge in [0.15, 0.2) is 12.6 Å². The number of aliphatic hydroxyl groups excluding tert-OH is 7. The minimum atomic E-state index is -1.84. The topological polar surface area (TPSA) is 253 Å². The lowest BCUT2D eigenvalue weighted by molar-refractivity contribution is -0.369. The van der Waals surface area contributed by atoms with Crippen molar-refractivity contribution in [1.29, 1.82) is 0 Å². The SMILES string of the molecule is CC1(C)CC[C@]2(C(=O)O)CC[C@]3(C)C(=CC[C@@H]4[C@@]5(C)CC[C@H](O[C@@H]6O[C@H](CO)[C@H](O)[C@H](O[C@@H]7O[C@H](CO)[C@@H](O)[C@H](O)[C@H]7O)[C@H]6O)[C@@](C)(C(=O)O)[C@@H]5CC[C@]43C)[C@@H]2C1. The lowest BCUT2D eigenvalue weighted by Crippen LogP contribution is -2.68. The van der Waals surface area contributed by atoms with Gasteiger partial charge in [0.1, 0.15) is 48.8 Å². The van der Waals surface area contributed by atoms with Gasteiger partial charge in [0.25, 0.3) is 0 Å². The second-order valence-corrected chi connectivity index (χ2v) is 20.4. The third kappa shape index (κ3) is 6.30. The van der Waals surface area contributed by atoms with Crippen LogP contribution in [0.1, 0.15) is 106 Å². The number of hydrogen-bond acceptors (Lipinski definition) is 13. The lowest BCUT2D eigenvalue weighted by Gasteiger charge is -2.71. The summed E-state index contributed by atoms with van der Waals surface area (Å²) in [6.45, 7) is 11.6. The van der Waals surface area contributed by atoms with Gasteiger partial charge in [0.05, 0.1) is 30.1 Å². The molecule has 2 aliphatic heterocycles. The monoisotopic (exact) mass is 810 g/mol. The Hall–Kier alpha value is -1.76. The van der Waals surface area contributed by atoms with Crippen LogP contribution in [0.2, 0.25) is 0 Å². The molecule has 7 rings (SSSR count). The first-order valence-electron chi connectivity index (χ1n) is 21.0. The maximum atomic E-state index is 13.6. The van der Waals surface area contributed by atoms with E-state index in [-0.39, 0.29) is 34.0 Å². The summed E-state index contributed by atoms with van der Waals surface area (Å²) >= 11 is 0. The Morgan fingerprint density at radius 3 is 1.93 bits per heavy atom. The van der Waals surface area contributed by atoms with Gasteiger partial charge < -0.3 is 64.9 Å². The number of aliphatic hydroxyl groups is 7. The van der Waals surface area contributed by atoms with E-state index in [9.17, 15) is 55.5 Å². The van der Waals surface area contributed by atoms with Crippen molar-refractivity contribution in [2.45, 2.75) is 173 Å². The summed E-state index contributed by atoms with van der Waals surface area (Å²) in [4.78, 5) is 26.7. The fourth-order valence-electron chi connectivity index (χ4n) is 13.6. The van der Waals surface area contributed by atoms with Crippen molar-refractivity contribution < 1.29 is 74.5 Å². The van der Waals surface area contributed by atoms with E-state index in [0.29, 0.717) is 32.1 Å². The molecule has 57 heavy (non-hydrogen) atoms. The highest BCUT2D eigenvalue weighted by atomic mass is 16.7. The van der Waals surface area contributed by atoms with Gasteiger partial charge in [-0.2, -0.15) is 0 Å². The molecule has 15 nitrogen and oxygen atoms in total. The normalized spacial score (nSPS) is 53.3. The number of aliphatic carboxylic acids is 2. The second kappa shape index (κ2) is 14.7. The minimum Gasteiger partial charge on any atom is -0.481 e.